The number of carbonyl (C=O) groups is 1. The fourth-order valence-corrected chi connectivity index (χ4v) is 4.04. The van der Waals surface area contributed by atoms with Crippen molar-refractivity contribution in [3.8, 4) is 11.4 Å². The number of likely N-dealkylation sites (tertiary alicyclic amines) is 1. The molecular formula is C18H20N4O. The van der Waals surface area contributed by atoms with Gasteiger partial charge >= 0.3 is 0 Å². The number of fused-ring (bicyclic) bond motifs is 2. The summed E-state index contributed by atoms with van der Waals surface area (Å²) in [7, 11) is 0. The van der Waals surface area contributed by atoms with Crippen molar-refractivity contribution in [2.75, 3.05) is 6.54 Å². The summed E-state index contributed by atoms with van der Waals surface area (Å²) in [4.78, 5) is 19.3. The molecule has 1 saturated heterocycles. The van der Waals surface area contributed by atoms with Gasteiger partial charge in [0.2, 0.25) is 0 Å². The minimum Gasteiger partial charge on any atom is -0.335 e. The molecule has 2 aromatic rings. The average Bonchev–Trinajstić information content (AvgIpc) is 3.03. The molecule has 1 amide bonds. The zero-order valence-corrected chi connectivity index (χ0v) is 13.0. The summed E-state index contributed by atoms with van der Waals surface area (Å²) < 4.78 is 0. The van der Waals surface area contributed by atoms with E-state index in [9.17, 15) is 4.79 Å². The average molecular weight is 308 g/mol. The fourth-order valence-electron chi connectivity index (χ4n) is 4.04. The van der Waals surface area contributed by atoms with Crippen molar-refractivity contribution in [3.63, 3.8) is 0 Å². The van der Waals surface area contributed by atoms with Crippen LogP contribution in [0, 0.1) is 5.92 Å². The molecule has 5 nitrogen and oxygen atoms in total. The number of rotatable bonds is 3. The highest BCUT2D eigenvalue weighted by Crippen LogP contribution is 2.39. The van der Waals surface area contributed by atoms with Gasteiger partial charge in [0, 0.05) is 29.6 Å². The first-order valence-electron chi connectivity index (χ1n) is 8.61. The lowest BCUT2D eigenvalue weighted by molar-refractivity contribution is 0.0703. The quantitative estimate of drug-likeness (QED) is 0.948. The molecule has 1 aromatic heterocycles. The van der Waals surface area contributed by atoms with E-state index in [2.05, 4.69) is 20.1 Å². The molecule has 2 aliphatic carbocycles. The van der Waals surface area contributed by atoms with Gasteiger partial charge in [0.1, 0.15) is 5.82 Å². The van der Waals surface area contributed by atoms with Gasteiger partial charge in [-0.1, -0.05) is 12.1 Å². The Morgan fingerprint density at radius 2 is 1.96 bits per heavy atom. The number of piperidine rings is 1. The minimum atomic E-state index is 0.178. The number of hydrogen-bond donors (Lipinski definition) is 1. The van der Waals surface area contributed by atoms with Crippen LogP contribution in [0.15, 0.2) is 24.3 Å². The number of carbonyl (C=O) groups excluding carboxylic acids is 1. The molecule has 0 radical (unpaired) electrons. The monoisotopic (exact) mass is 308 g/mol. The molecule has 23 heavy (non-hydrogen) atoms. The number of benzene rings is 1. The van der Waals surface area contributed by atoms with Crippen LogP contribution >= 0.6 is 0 Å². The molecule has 5 rings (SSSR count). The number of aromatic nitrogens is 3. The number of aromatic amines is 1. The molecule has 1 aliphatic heterocycles. The highest BCUT2D eigenvalue weighted by atomic mass is 16.2. The Balaban J connectivity index is 1.35. The zero-order chi connectivity index (χ0) is 15.4. The van der Waals surface area contributed by atoms with E-state index in [4.69, 9.17) is 0 Å². The highest BCUT2D eigenvalue weighted by Gasteiger charge is 2.40. The number of hydrogen-bond acceptors (Lipinski definition) is 3. The van der Waals surface area contributed by atoms with E-state index in [-0.39, 0.29) is 5.91 Å². The SMILES string of the molecule is O=C(c1ccc(-c2n[nH]c(C3CC3)n2)cc1)N1CC2CCC1C2. The van der Waals surface area contributed by atoms with E-state index >= 15 is 0 Å². The molecule has 1 aromatic carbocycles. The van der Waals surface area contributed by atoms with E-state index in [1.165, 1.54) is 32.1 Å². The molecule has 2 saturated carbocycles. The molecular weight excluding hydrogens is 288 g/mol. The van der Waals surface area contributed by atoms with Gasteiger partial charge in [-0.2, -0.15) is 5.10 Å². The Morgan fingerprint density at radius 1 is 1.13 bits per heavy atom. The van der Waals surface area contributed by atoms with Gasteiger partial charge in [-0.3, -0.25) is 9.89 Å². The van der Waals surface area contributed by atoms with E-state index < -0.39 is 0 Å². The Bertz CT molecular complexity index is 747. The van der Waals surface area contributed by atoms with Gasteiger partial charge in [0.25, 0.3) is 5.91 Å². The van der Waals surface area contributed by atoms with Crippen LogP contribution in [0.1, 0.15) is 54.2 Å². The van der Waals surface area contributed by atoms with E-state index in [1.807, 2.05) is 24.3 Å². The first kappa shape index (κ1) is 13.3. The van der Waals surface area contributed by atoms with Crippen LogP contribution in [0.5, 0.6) is 0 Å². The predicted molar refractivity (Wildman–Crippen MR) is 86.0 cm³/mol. The summed E-state index contributed by atoms with van der Waals surface area (Å²) in [6.45, 7) is 0.941. The van der Waals surface area contributed by atoms with Crippen molar-refractivity contribution in [1.82, 2.24) is 20.1 Å². The molecule has 2 bridgehead atoms. The Labute approximate surface area is 135 Å². The van der Waals surface area contributed by atoms with Crippen LogP contribution in [-0.2, 0) is 0 Å². The summed E-state index contributed by atoms with van der Waals surface area (Å²) in [6.07, 6.45) is 6.09. The van der Waals surface area contributed by atoms with Crippen LogP contribution < -0.4 is 0 Å². The maximum absolute atomic E-state index is 12.7. The third-order valence-electron chi connectivity index (χ3n) is 5.53. The Hall–Kier alpha value is -2.17. The lowest BCUT2D eigenvalue weighted by atomic mass is 10.1. The smallest absolute Gasteiger partial charge is 0.254 e. The summed E-state index contributed by atoms with van der Waals surface area (Å²) >= 11 is 0. The minimum absolute atomic E-state index is 0.178. The van der Waals surface area contributed by atoms with Crippen molar-refractivity contribution in [3.05, 3.63) is 35.7 Å². The predicted octanol–water partition coefficient (Wildman–Crippen LogP) is 2.97. The third-order valence-corrected chi connectivity index (χ3v) is 5.53. The van der Waals surface area contributed by atoms with Crippen molar-refractivity contribution < 1.29 is 4.79 Å². The summed E-state index contributed by atoms with van der Waals surface area (Å²) in [5.41, 5.74) is 1.74. The Morgan fingerprint density at radius 3 is 2.61 bits per heavy atom. The van der Waals surface area contributed by atoms with Gasteiger partial charge in [-0.15, -0.1) is 0 Å². The lowest BCUT2D eigenvalue weighted by Crippen LogP contribution is -2.37. The van der Waals surface area contributed by atoms with Gasteiger partial charge < -0.3 is 4.90 Å². The number of H-pyrrole nitrogens is 1. The van der Waals surface area contributed by atoms with Gasteiger partial charge in [-0.05, 0) is 50.2 Å². The number of amides is 1. The lowest BCUT2D eigenvalue weighted by Gasteiger charge is -2.27. The van der Waals surface area contributed by atoms with Crippen LogP contribution in [0.3, 0.4) is 0 Å². The second-order valence-corrected chi connectivity index (χ2v) is 7.19. The summed E-state index contributed by atoms with van der Waals surface area (Å²) in [6, 6.07) is 8.22. The second-order valence-electron chi connectivity index (χ2n) is 7.19. The molecule has 118 valence electrons. The standard InChI is InChI=1S/C18H20N4O/c23-18(22-10-11-1-8-15(22)9-11)14-6-4-13(5-7-14)17-19-16(20-21-17)12-2-3-12/h4-7,11-12,15H,1-3,8-10H2,(H,19,20,21). The molecule has 2 heterocycles. The molecule has 2 unspecified atom stereocenters. The maximum atomic E-state index is 12.7. The first-order chi connectivity index (χ1) is 11.3. The highest BCUT2D eigenvalue weighted by molar-refractivity contribution is 5.95. The summed E-state index contributed by atoms with van der Waals surface area (Å²) in [5, 5.41) is 7.33. The largest absolute Gasteiger partial charge is 0.335 e. The topological polar surface area (TPSA) is 61.9 Å². The van der Waals surface area contributed by atoms with Crippen molar-refractivity contribution >= 4 is 5.91 Å². The molecule has 1 N–H and O–H groups in total. The molecule has 0 spiro atoms. The molecule has 2 atom stereocenters. The van der Waals surface area contributed by atoms with Gasteiger partial charge in [0.15, 0.2) is 5.82 Å². The van der Waals surface area contributed by atoms with E-state index in [0.717, 1.165) is 35.2 Å². The Kier molecular flexibility index (Phi) is 2.84. The third kappa shape index (κ3) is 2.26. The van der Waals surface area contributed by atoms with Crippen LogP contribution in [0.2, 0.25) is 0 Å². The molecule has 5 heteroatoms. The van der Waals surface area contributed by atoms with E-state index in [1.54, 1.807) is 0 Å². The normalized spacial score (nSPS) is 26.0. The number of nitrogens with zero attached hydrogens (tertiary/aromatic N) is 3. The van der Waals surface area contributed by atoms with Crippen LogP contribution in [0.25, 0.3) is 11.4 Å². The van der Waals surface area contributed by atoms with Gasteiger partial charge in [-0.25, -0.2) is 4.98 Å². The van der Waals surface area contributed by atoms with Crippen LogP contribution in [0.4, 0.5) is 0 Å². The van der Waals surface area contributed by atoms with Crippen LogP contribution in [-0.4, -0.2) is 38.6 Å². The molecule has 3 fully saturated rings. The van der Waals surface area contributed by atoms with Gasteiger partial charge in [0.05, 0.1) is 0 Å². The maximum Gasteiger partial charge on any atom is 0.254 e. The number of nitrogens with one attached hydrogen (secondary N) is 1. The molecule has 3 aliphatic rings. The first-order valence-corrected chi connectivity index (χ1v) is 8.61. The zero-order valence-electron chi connectivity index (χ0n) is 13.0. The van der Waals surface area contributed by atoms with Crippen molar-refractivity contribution in [2.24, 2.45) is 5.92 Å². The van der Waals surface area contributed by atoms with Crippen molar-refractivity contribution in [2.45, 2.75) is 44.1 Å². The van der Waals surface area contributed by atoms with Crippen molar-refractivity contribution in [1.29, 1.82) is 0 Å². The van der Waals surface area contributed by atoms with E-state index in [0.29, 0.717) is 12.0 Å². The summed E-state index contributed by atoms with van der Waals surface area (Å²) in [5.74, 6) is 3.21. The fraction of sp³-hybridized carbons (Fsp3) is 0.500. The second kappa shape index (κ2) is 4.91.